The van der Waals surface area contributed by atoms with Gasteiger partial charge in [0.15, 0.2) is 0 Å². The molecule has 0 spiro atoms. The van der Waals surface area contributed by atoms with Crippen LogP contribution in [0.2, 0.25) is 0 Å². The van der Waals surface area contributed by atoms with E-state index >= 15 is 0 Å². The van der Waals surface area contributed by atoms with E-state index in [9.17, 15) is 9.59 Å². The Labute approximate surface area is 98.5 Å². The molecule has 0 bridgehead atoms. The lowest BCUT2D eigenvalue weighted by Crippen LogP contribution is -2.02. The van der Waals surface area contributed by atoms with Crippen LogP contribution in [0.15, 0.2) is 24.3 Å². The summed E-state index contributed by atoms with van der Waals surface area (Å²) in [7, 11) is 1.29. The maximum Gasteiger partial charge on any atom is 0.337 e. The average molecular weight is 235 g/mol. The predicted molar refractivity (Wildman–Crippen MR) is 63.5 cm³/mol. The van der Waals surface area contributed by atoms with Crippen molar-refractivity contribution < 1.29 is 19.4 Å². The van der Waals surface area contributed by atoms with Gasteiger partial charge in [0.05, 0.1) is 19.1 Å². The number of carbonyl (C=O) groups is 2. The van der Waals surface area contributed by atoms with Gasteiger partial charge in [0.2, 0.25) is 0 Å². The van der Waals surface area contributed by atoms with Crippen LogP contribution < -0.4 is 5.73 Å². The molecule has 17 heavy (non-hydrogen) atoms. The van der Waals surface area contributed by atoms with Gasteiger partial charge in [0, 0.05) is 5.69 Å². The summed E-state index contributed by atoms with van der Waals surface area (Å²) in [6, 6.07) is 4.70. The first kappa shape index (κ1) is 12.8. The van der Waals surface area contributed by atoms with Crippen LogP contribution in [-0.2, 0) is 9.53 Å². The van der Waals surface area contributed by atoms with Crippen molar-refractivity contribution in [2.24, 2.45) is 0 Å². The quantitative estimate of drug-likeness (QED) is 0.610. The van der Waals surface area contributed by atoms with Crippen LogP contribution in [0.5, 0.6) is 0 Å². The molecule has 0 heterocycles. The van der Waals surface area contributed by atoms with Gasteiger partial charge in [-0.1, -0.05) is 18.2 Å². The fraction of sp³-hybridized carbons (Fsp3) is 0.167. The Morgan fingerprint density at radius 2 is 2.18 bits per heavy atom. The van der Waals surface area contributed by atoms with Gasteiger partial charge in [-0.2, -0.15) is 0 Å². The third-order valence-corrected chi connectivity index (χ3v) is 2.10. The van der Waals surface area contributed by atoms with Crippen LogP contribution in [0.1, 0.15) is 22.3 Å². The van der Waals surface area contributed by atoms with Crippen LogP contribution in [0.3, 0.4) is 0 Å². The van der Waals surface area contributed by atoms with Gasteiger partial charge in [-0.05, 0) is 17.7 Å². The normalized spacial score (nSPS) is 10.4. The molecule has 1 aromatic rings. The third kappa shape index (κ3) is 3.64. The molecule has 0 aliphatic heterocycles. The third-order valence-electron chi connectivity index (χ3n) is 2.10. The van der Waals surface area contributed by atoms with E-state index in [1.54, 1.807) is 18.2 Å². The van der Waals surface area contributed by atoms with Crippen molar-refractivity contribution >= 4 is 23.7 Å². The van der Waals surface area contributed by atoms with E-state index in [4.69, 9.17) is 10.8 Å². The van der Waals surface area contributed by atoms with Gasteiger partial charge in [-0.25, -0.2) is 4.79 Å². The number of ether oxygens (including phenoxy) is 1. The molecule has 0 aliphatic carbocycles. The number of nitrogen functional groups attached to an aromatic ring is 1. The molecule has 1 aromatic carbocycles. The molecule has 0 fully saturated rings. The number of esters is 1. The van der Waals surface area contributed by atoms with Gasteiger partial charge in [-0.15, -0.1) is 0 Å². The van der Waals surface area contributed by atoms with Gasteiger partial charge in [0.1, 0.15) is 0 Å². The number of anilines is 1. The molecular formula is C12H13NO4. The summed E-state index contributed by atoms with van der Waals surface area (Å²) in [5, 5.41) is 8.47. The number of hydrogen-bond donors (Lipinski definition) is 2. The van der Waals surface area contributed by atoms with Crippen molar-refractivity contribution in [1.82, 2.24) is 0 Å². The van der Waals surface area contributed by atoms with Crippen LogP contribution in [0.4, 0.5) is 5.69 Å². The number of carbonyl (C=O) groups excluding carboxylic acids is 1. The van der Waals surface area contributed by atoms with E-state index in [0.29, 0.717) is 16.8 Å². The van der Waals surface area contributed by atoms with Gasteiger partial charge >= 0.3 is 11.9 Å². The maximum atomic E-state index is 11.2. The summed E-state index contributed by atoms with van der Waals surface area (Å²) in [6.45, 7) is 0. The number of carboxylic acids is 1. The summed E-state index contributed by atoms with van der Waals surface area (Å²) in [5.74, 6) is -1.37. The standard InChI is InChI=1S/C12H13NO4/c1-17-12(16)9-6-5-8(10(13)7-9)3-2-4-11(14)15/h2-3,5-7H,4,13H2,1H3,(H,14,15). The largest absolute Gasteiger partial charge is 0.481 e. The predicted octanol–water partition coefficient (Wildman–Crippen LogP) is 1.54. The van der Waals surface area contributed by atoms with Gasteiger partial charge in [0.25, 0.3) is 0 Å². The molecule has 0 aromatic heterocycles. The summed E-state index contributed by atoms with van der Waals surface area (Å²) >= 11 is 0. The van der Waals surface area contributed by atoms with E-state index < -0.39 is 11.9 Å². The minimum atomic E-state index is -0.911. The van der Waals surface area contributed by atoms with E-state index in [-0.39, 0.29) is 6.42 Å². The molecular weight excluding hydrogens is 222 g/mol. The van der Waals surface area contributed by atoms with Gasteiger partial charge < -0.3 is 15.6 Å². The molecule has 1 rings (SSSR count). The zero-order valence-corrected chi connectivity index (χ0v) is 9.34. The van der Waals surface area contributed by atoms with Crippen molar-refractivity contribution in [2.75, 3.05) is 12.8 Å². The first-order valence-corrected chi connectivity index (χ1v) is 4.90. The van der Waals surface area contributed by atoms with Crippen molar-refractivity contribution in [3.8, 4) is 0 Å². The minimum Gasteiger partial charge on any atom is -0.481 e. The Morgan fingerprint density at radius 1 is 1.47 bits per heavy atom. The fourth-order valence-electron chi connectivity index (χ4n) is 1.26. The number of methoxy groups -OCH3 is 1. The second kappa shape index (κ2) is 5.69. The average Bonchev–Trinajstić information content (AvgIpc) is 2.29. The van der Waals surface area contributed by atoms with E-state index in [1.165, 1.54) is 19.3 Å². The first-order chi connectivity index (χ1) is 8.04. The highest BCUT2D eigenvalue weighted by Gasteiger charge is 2.06. The lowest BCUT2D eigenvalue weighted by molar-refractivity contribution is -0.135. The van der Waals surface area contributed by atoms with Crippen LogP contribution in [0, 0.1) is 0 Å². The number of carboxylic acid groups (broad SMARTS) is 1. The van der Waals surface area contributed by atoms with Crippen LogP contribution >= 0.6 is 0 Å². The highest BCUT2D eigenvalue weighted by atomic mass is 16.5. The van der Waals surface area contributed by atoms with Crippen molar-refractivity contribution in [1.29, 1.82) is 0 Å². The SMILES string of the molecule is COC(=O)c1ccc(C=CCC(=O)O)c(N)c1. The molecule has 0 unspecified atom stereocenters. The zero-order valence-electron chi connectivity index (χ0n) is 9.34. The summed E-state index contributed by atoms with van der Waals surface area (Å²) in [5.41, 5.74) is 7.15. The van der Waals surface area contributed by atoms with E-state index in [2.05, 4.69) is 4.74 Å². The summed E-state index contributed by atoms with van der Waals surface area (Å²) in [4.78, 5) is 21.5. The second-order valence-electron chi connectivity index (χ2n) is 3.34. The Bertz CT molecular complexity index is 466. The minimum absolute atomic E-state index is 0.0712. The Morgan fingerprint density at radius 3 is 2.71 bits per heavy atom. The monoisotopic (exact) mass is 235 g/mol. The van der Waals surface area contributed by atoms with Crippen molar-refractivity contribution in [2.45, 2.75) is 6.42 Å². The highest BCUT2D eigenvalue weighted by molar-refractivity contribution is 5.91. The molecule has 0 atom stereocenters. The smallest absolute Gasteiger partial charge is 0.337 e. The first-order valence-electron chi connectivity index (χ1n) is 4.90. The molecule has 5 nitrogen and oxygen atoms in total. The number of hydrogen-bond acceptors (Lipinski definition) is 4. The lowest BCUT2D eigenvalue weighted by atomic mass is 10.1. The highest BCUT2D eigenvalue weighted by Crippen LogP contribution is 2.16. The molecule has 3 N–H and O–H groups in total. The number of rotatable bonds is 4. The topological polar surface area (TPSA) is 89.6 Å². The summed E-state index contributed by atoms with van der Waals surface area (Å²) in [6.07, 6.45) is 3.02. The molecule has 0 radical (unpaired) electrons. The molecule has 0 amide bonds. The zero-order chi connectivity index (χ0) is 12.8. The number of nitrogens with two attached hydrogens (primary N) is 1. The van der Waals surface area contributed by atoms with E-state index in [1.807, 2.05) is 0 Å². The molecule has 90 valence electrons. The Hall–Kier alpha value is -2.30. The molecule has 0 saturated heterocycles. The fourth-order valence-corrected chi connectivity index (χ4v) is 1.26. The van der Waals surface area contributed by atoms with Crippen LogP contribution in [0.25, 0.3) is 6.08 Å². The van der Waals surface area contributed by atoms with Crippen LogP contribution in [-0.4, -0.2) is 24.2 Å². The lowest BCUT2D eigenvalue weighted by Gasteiger charge is -2.03. The van der Waals surface area contributed by atoms with Crippen molar-refractivity contribution in [3.05, 3.63) is 35.4 Å². The Balaban J connectivity index is 2.86. The molecule has 0 saturated carbocycles. The number of benzene rings is 1. The second-order valence-corrected chi connectivity index (χ2v) is 3.34. The molecule has 5 heteroatoms. The maximum absolute atomic E-state index is 11.2. The van der Waals surface area contributed by atoms with E-state index in [0.717, 1.165) is 0 Å². The van der Waals surface area contributed by atoms with Gasteiger partial charge in [-0.3, -0.25) is 4.79 Å². The van der Waals surface area contributed by atoms with Crippen molar-refractivity contribution in [3.63, 3.8) is 0 Å². The summed E-state index contributed by atoms with van der Waals surface area (Å²) < 4.78 is 4.55. The Kier molecular flexibility index (Phi) is 4.28. The number of aliphatic carboxylic acids is 1. The molecule has 0 aliphatic rings.